The average molecular weight is 366 g/mol. The lowest BCUT2D eigenvalue weighted by atomic mass is 10.1. The molecule has 2 aromatic rings. The van der Waals surface area contributed by atoms with Gasteiger partial charge >= 0.3 is 0 Å². The van der Waals surface area contributed by atoms with Crippen molar-refractivity contribution in [3.05, 3.63) is 24.3 Å². The number of nitrogens with zero attached hydrogens (tertiary/aromatic N) is 4. The molecule has 0 aromatic carbocycles. The van der Waals surface area contributed by atoms with Gasteiger partial charge in [0.05, 0.1) is 29.6 Å². The number of unbranched alkanes of at least 4 members (excludes halogenated alkanes) is 1. The second-order valence-corrected chi connectivity index (χ2v) is 8.58. The Balaban J connectivity index is 1.85. The molecule has 0 radical (unpaired) electrons. The van der Waals surface area contributed by atoms with Crippen molar-refractivity contribution in [3.8, 4) is 0 Å². The van der Waals surface area contributed by atoms with Gasteiger partial charge in [-0.2, -0.15) is 0 Å². The summed E-state index contributed by atoms with van der Waals surface area (Å²) >= 11 is 0. The topological polar surface area (TPSA) is 77.3 Å². The Morgan fingerprint density at radius 3 is 3.00 bits per heavy atom. The first-order valence-corrected chi connectivity index (χ1v) is 10.4. The monoisotopic (exact) mass is 366 g/mol. The van der Waals surface area contributed by atoms with E-state index in [0.717, 1.165) is 29.7 Å². The van der Waals surface area contributed by atoms with Crippen LogP contribution in [-0.2, 0) is 21.3 Å². The minimum Gasteiger partial charge on any atom is -0.383 e. The number of sulfonamides is 1. The van der Waals surface area contributed by atoms with Crippen molar-refractivity contribution in [2.24, 2.45) is 0 Å². The van der Waals surface area contributed by atoms with Gasteiger partial charge in [-0.1, -0.05) is 13.3 Å². The van der Waals surface area contributed by atoms with Crippen LogP contribution in [0, 0.1) is 0 Å². The van der Waals surface area contributed by atoms with Crippen molar-refractivity contribution in [2.45, 2.75) is 38.6 Å². The van der Waals surface area contributed by atoms with Gasteiger partial charge in [0.25, 0.3) is 0 Å². The van der Waals surface area contributed by atoms with Crippen LogP contribution in [-0.4, -0.2) is 59.8 Å². The molecule has 0 amide bonds. The fourth-order valence-corrected chi connectivity index (χ4v) is 5.07. The summed E-state index contributed by atoms with van der Waals surface area (Å²) < 4.78 is 33.9. The highest BCUT2D eigenvalue weighted by molar-refractivity contribution is 7.89. The number of hydrogen-bond donors (Lipinski definition) is 0. The van der Waals surface area contributed by atoms with Gasteiger partial charge in [0.2, 0.25) is 10.0 Å². The van der Waals surface area contributed by atoms with Crippen LogP contribution in [0.2, 0.25) is 0 Å². The minimum absolute atomic E-state index is 0.112. The number of pyridine rings is 1. The third kappa shape index (κ3) is 3.86. The molecular formula is C17H26N4O3S. The van der Waals surface area contributed by atoms with Crippen LogP contribution in [0.25, 0.3) is 11.0 Å². The van der Waals surface area contributed by atoms with Gasteiger partial charge in [0.15, 0.2) is 0 Å². The van der Waals surface area contributed by atoms with Crippen molar-refractivity contribution < 1.29 is 13.2 Å². The summed E-state index contributed by atoms with van der Waals surface area (Å²) in [5.74, 6) is 1.29. The van der Waals surface area contributed by atoms with Crippen molar-refractivity contribution in [1.29, 1.82) is 0 Å². The summed E-state index contributed by atoms with van der Waals surface area (Å²) in [4.78, 5) is 8.97. The minimum atomic E-state index is -3.16. The maximum atomic E-state index is 12.5. The highest BCUT2D eigenvalue weighted by atomic mass is 32.2. The molecule has 0 saturated carbocycles. The number of rotatable bonds is 8. The first kappa shape index (κ1) is 18.3. The third-order valence-electron chi connectivity index (χ3n) is 4.76. The van der Waals surface area contributed by atoms with Gasteiger partial charge in [-0.15, -0.1) is 0 Å². The van der Waals surface area contributed by atoms with Gasteiger partial charge in [0.1, 0.15) is 5.82 Å². The molecule has 1 aliphatic rings. The van der Waals surface area contributed by atoms with Gasteiger partial charge in [-0.25, -0.2) is 17.7 Å². The van der Waals surface area contributed by atoms with E-state index in [1.807, 2.05) is 19.2 Å². The quantitative estimate of drug-likeness (QED) is 0.714. The van der Waals surface area contributed by atoms with Crippen molar-refractivity contribution in [2.75, 3.05) is 32.6 Å². The van der Waals surface area contributed by atoms with Crippen molar-refractivity contribution >= 4 is 21.1 Å². The first-order valence-electron chi connectivity index (χ1n) is 8.83. The molecule has 0 N–H and O–H groups in total. The molecule has 0 spiro atoms. The lowest BCUT2D eigenvalue weighted by molar-refractivity contribution is 0.187. The first-order chi connectivity index (χ1) is 12.1. The van der Waals surface area contributed by atoms with Crippen LogP contribution in [0.5, 0.6) is 0 Å². The van der Waals surface area contributed by atoms with Gasteiger partial charge < -0.3 is 9.30 Å². The second kappa shape index (κ2) is 7.80. The summed E-state index contributed by atoms with van der Waals surface area (Å²) in [5, 5.41) is 0. The number of ether oxygens (including phenoxy) is 1. The maximum absolute atomic E-state index is 12.5. The number of imidazole rings is 1. The van der Waals surface area contributed by atoms with E-state index in [2.05, 4.69) is 9.55 Å². The third-order valence-corrected chi connectivity index (χ3v) is 6.69. The summed E-state index contributed by atoms with van der Waals surface area (Å²) in [5.41, 5.74) is 1.87. The molecule has 8 heteroatoms. The van der Waals surface area contributed by atoms with Crippen LogP contribution in [0.15, 0.2) is 18.5 Å². The van der Waals surface area contributed by atoms with Crippen LogP contribution in [0.3, 0.4) is 0 Å². The predicted molar refractivity (Wildman–Crippen MR) is 97.0 cm³/mol. The van der Waals surface area contributed by atoms with Crippen molar-refractivity contribution in [1.82, 2.24) is 18.8 Å². The molecule has 1 fully saturated rings. The number of methoxy groups -OCH3 is 1. The van der Waals surface area contributed by atoms with E-state index in [9.17, 15) is 8.42 Å². The largest absolute Gasteiger partial charge is 0.383 e. The van der Waals surface area contributed by atoms with E-state index in [-0.39, 0.29) is 11.7 Å². The SMILES string of the molecule is CCCCS(=O)(=O)N1CCC(c2nc3ccncc3n2CCOC)C1. The average Bonchev–Trinajstić information content (AvgIpc) is 3.23. The lowest BCUT2D eigenvalue weighted by Crippen LogP contribution is -2.31. The van der Waals surface area contributed by atoms with E-state index >= 15 is 0 Å². The maximum Gasteiger partial charge on any atom is 0.214 e. The standard InChI is InChI=1S/C17H26N4O3S/c1-3-4-11-25(22,23)20-8-6-14(13-20)17-19-15-5-7-18-12-16(15)21(17)9-10-24-2/h5,7,12,14H,3-4,6,8-11,13H2,1-2H3. The van der Waals surface area contributed by atoms with Crippen molar-refractivity contribution in [3.63, 3.8) is 0 Å². The number of aromatic nitrogens is 3. The summed E-state index contributed by atoms with van der Waals surface area (Å²) in [6.45, 7) is 4.36. The molecule has 138 valence electrons. The lowest BCUT2D eigenvalue weighted by Gasteiger charge is -2.17. The molecule has 25 heavy (non-hydrogen) atoms. The highest BCUT2D eigenvalue weighted by Crippen LogP contribution is 2.31. The molecule has 0 bridgehead atoms. The van der Waals surface area contributed by atoms with E-state index in [4.69, 9.17) is 9.72 Å². The molecule has 0 aliphatic carbocycles. The molecule has 3 heterocycles. The zero-order chi connectivity index (χ0) is 17.9. The zero-order valence-electron chi connectivity index (χ0n) is 14.9. The highest BCUT2D eigenvalue weighted by Gasteiger charge is 2.34. The van der Waals surface area contributed by atoms with E-state index < -0.39 is 10.0 Å². The van der Waals surface area contributed by atoms with Crippen LogP contribution in [0.1, 0.15) is 37.9 Å². The van der Waals surface area contributed by atoms with E-state index in [1.54, 1.807) is 17.6 Å². The molecule has 1 aliphatic heterocycles. The summed E-state index contributed by atoms with van der Waals surface area (Å²) in [6, 6.07) is 1.90. The fraction of sp³-hybridized carbons (Fsp3) is 0.647. The Morgan fingerprint density at radius 2 is 2.24 bits per heavy atom. The second-order valence-electron chi connectivity index (χ2n) is 6.49. The Morgan fingerprint density at radius 1 is 1.40 bits per heavy atom. The van der Waals surface area contributed by atoms with Gasteiger partial charge in [-0.05, 0) is 18.9 Å². The van der Waals surface area contributed by atoms with Crippen LogP contribution < -0.4 is 0 Å². The summed E-state index contributed by atoms with van der Waals surface area (Å²) in [6.07, 6.45) is 5.94. The Bertz CT molecular complexity index is 818. The molecule has 1 saturated heterocycles. The fourth-order valence-electron chi connectivity index (χ4n) is 3.37. The van der Waals surface area contributed by atoms with Crippen LogP contribution in [0.4, 0.5) is 0 Å². The van der Waals surface area contributed by atoms with Crippen LogP contribution >= 0.6 is 0 Å². The van der Waals surface area contributed by atoms with Gasteiger partial charge in [-0.3, -0.25) is 4.98 Å². The molecule has 3 rings (SSSR count). The molecular weight excluding hydrogens is 340 g/mol. The number of hydrogen-bond acceptors (Lipinski definition) is 5. The van der Waals surface area contributed by atoms with Gasteiger partial charge in [0, 0.05) is 38.9 Å². The predicted octanol–water partition coefficient (Wildman–Crippen LogP) is 2.00. The molecule has 1 atom stereocenters. The summed E-state index contributed by atoms with van der Waals surface area (Å²) in [7, 11) is -1.49. The Labute approximate surface area is 149 Å². The normalized spacial score (nSPS) is 19.0. The Hall–Kier alpha value is -1.51. The van der Waals surface area contributed by atoms with E-state index in [0.29, 0.717) is 32.7 Å². The zero-order valence-corrected chi connectivity index (χ0v) is 15.7. The smallest absolute Gasteiger partial charge is 0.214 e. The number of fused-ring (bicyclic) bond motifs is 1. The van der Waals surface area contributed by atoms with E-state index in [1.165, 1.54) is 0 Å². The molecule has 2 aromatic heterocycles. The Kier molecular flexibility index (Phi) is 5.71. The molecule has 7 nitrogen and oxygen atoms in total. The molecule has 1 unspecified atom stereocenters.